The van der Waals surface area contributed by atoms with Crippen LogP contribution in [0.4, 0.5) is 26.3 Å². The summed E-state index contributed by atoms with van der Waals surface area (Å²) < 4.78 is 80.9. The van der Waals surface area contributed by atoms with Crippen molar-refractivity contribution >= 4 is 22.9 Å². The third-order valence-electron chi connectivity index (χ3n) is 4.50. The molecule has 0 saturated heterocycles. The highest BCUT2D eigenvalue weighted by molar-refractivity contribution is 7.18. The Balaban J connectivity index is 1.80. The van der Waals surface area contributed by atoms with Crippen LogP contribution in [-0.4, -0.2) is 9.78 Å². The second-order valence-corrected chi connectivity index (χ2v) is 7.99. The van der Waals surface area contributed by atoms with Crippen molar-refractivity contribution in [3.05, 3.63) is 83.0 Å². The molecule has 2 nitrogen and oxygen atoms in total. The van der Waals surface area contributed by atoms with Crippen molar-refractivity contribution in [3.63, 3.8) is 0 Å². The number of alkyl halides is 6. The van der Waals surface area contributed by atoms with Gasteiger partial charge in [0.1, 0.15) is 0 Å². The Hall–Kier alpha value is -2.78. The summed E-state index contributed by atoms with van der Waals surface area (Å²) in [5, 5.41) is 4.67. The van der Waals surface area contributed by atoms with Gasteiger partial charge < -0.3 is 0 Å². The van der Waals surface area contributed by atoms with Crippen LogP contribution in [0.2, 0.25) is 5.02 Å². The first-order chi connectivity index (χ1) is 14.6. The normalized spacial score (nSPS) is 12.4. The third kappa shape index (κ3) is 4.20. The SMILES string of the molecule is FC(F)(F)c1ccc(-c2ccc(-c3ccnn3-c3ccccc3Cl)s2)c(C(F)(F)F)c1. The molecule has 0 aliphatic carbocycles. The third-order valence-corrected chi connectivity index (χ3v) is 5.96. The minimum absolute atomic E-state index is 0.142. The van der Waals surface area contributed by atoms with Crippen molar-refractivity contribution in [2.75, 3.05) is 0 Å². The summed E-state index contributed by atoms with van der Waals surface area (Å²) in [7, 11) is 0. The molecule has 0 atom stereocenters. The van der Waals surface area contributed by atoms with E-state index >= 15 is 0 Å². The Morgan fingerprint density at radius 1 is 0.806 bits per heavy atom. The number of thiophene rings is 1. The van der Waals surface area contributed by atoms with Gasteiger partial charge in [-0.1, -0.05) is 29.8 Å². The zero-order valence-electron chi connectivity index (χ0n) is 15.3. The Bertz CT molecular complexity index is 1240. The summed E-state index contributed by atoms with van der Waals surface area (Å²) in [6.07, 6.45) is -8.29. The van der Waals surface area contributed by atoms with E-state index in [0.29, 0.717) is 27.3 Å². The van der Waals surface area contributed by atoms with Crippen molar-refractivity contribution in [3.8, 4) is 26.7 Å². The first-order valence-corrected chi connectivity index (χ1v) is 9.93. The van der Waals surface area contributed by atoms with E-state index in [1.54, 1.807) is 41.1 Å². The summed E-state index contributed by atoms with van der Waals surface area (Å²) >= 11 is 7.24. The van der Waals surface area contributed by atoms with Gasteiger partial charge in [-0.15, -0.1) is 11.3 Å². The largest absolute Gasteiger partial charge is 0.417 e. The van der Waals surface area contributed by atoms with Gasteiger partial charge >= 0.3 is 12.4 Å². The molecule has 4 rings (SSSR count). The van der Waals surface area contributed by atoms with Crippen LogP contribution in [0.3, 0.4) is 0 Å². The number of para-hydroxylation sites is 1. The quantitative estimate of drug-likeness (QED) is 0.276. The van der Waals surface area contributed by atoms with Gasteiger partial charge in [-0.25, -0.2) is 4.68 Å². The number of aromatic nitrogens is 2. The van der Waals surface area contributed by atoms with Crippen LogP contribution in [0.15, 0.2) is 66.9 Å². The molecular formula is C21H11ClF6N2S. The Kier molecular flexibility index (Phi) is 5.35. The maximum atomic E-state index is 13.5. The van der Waals surface area contributed by atoms with Crippen LogP contribution in [0.5, 0.6) is 0 Å². The number of halogens is 7. The zero-order chi connectivity index (χ0) is 22.4. The molecule has 0 spiro atoms. The van der Waals surface area contributed by atoms with Crippen molar-refractivity contribution in [2.45, 2.75) is 12.4 Å². The fourth-order valence-electron chi connectivity index (χ4n) is 3.10. The minimum atomic E-state index is -4.94. The standard InChI is InChI=1S/C21H11ClF6N2S/c22-15-3-1-2-4-16(15)30-17(9-10-29-30)19-8-7-18(31-19)13-6-5-12(20(23,24)25)11-14(13)21(26,27)28/h1-11H. The summed E-state index contributed by atoms with van der Waals surface area (Å²) in [5.41, 5.74) is -1.83. The molecule has 4 aromatic rings. The van der Waals surface area contributed by atoms with E-state index in [9.17, 15) is 26.3 Å². The van der Waals surface area contributed by atoms with Crippen LogP contribution in [0.25, 0.3) is 26.7 Å². The molecule has 160 valence electrons. The Labute approximate surface area is 181 Å². The molecule has 0 aliphatic heterocycles. The molecule has 0 N–H and O–H groups in total. The van der Waals surface area contributed by atoms with Crippen LogP contribution in [0.1, 0.15) is 11.1 Å². The molecule has 0 unspecified atom stereocenters. The van der Waals surface area contributed by atoms with E-state index < -0.39 is 23.5 Å². The van der Waals surface area contributed by atoms with Crippen molar-refractivity contribution in [1.82, 2.24) is 9.78 Å². The van der Waals surface area contributed by atoms with Crippen LogP contribution in [-0.2, 0) is 12.4 Å². The molecule has 2 aromatic heterocycles. The highest BCUT2D eigenvalue weighted by Crippen LogP contribution is 2.44. The van der Waals surface area contributed by atoms with Gasteiger partial charge in [-0.05, 0) is 42.5 Å². The fraction of sp³-hybridized carbons (Fsp3) is 0.0952. The molecule has 0 radical (unpaired) electrons. The lowest BCUT2D eigenvalue weighted by Crippen LogP contribution is -2.11. The highest BCUT2D eigenvalue weighted by atomic mass is 35.5. The topological polar surface area (TPSA) is 17.8 Å². The first-order valence-electron chi connectivity index (χ1n) is 8.73. The molecule has 10 heteroatoms. The lowest BCUT2D eigenvalue weighted by atomic mass is 10.0. The fourth-order valence-corrected chi connectivity index (χ4v) is 4.37. The molecule has 0 saturated carbocycles. The summed E-state index contributed by atoms with van der Waals surface area (Å²) in [5.74, 6) is 0. The van der Waals surface area contributed by atoms with Gasteiger partial charge in [0.05, 0.1) is 38.6 Å². The number of benzene rings is 2. The lowest BCUT2D eigenvalue weighted by molar-refractivity contribution is -0.142. The zero-order valence-corrected chi connectivity index (χ0v) is 16.9. The highest BCUT2D eigenvalue weighted by Gasteiger charge is 2.38. The second kappa shape index (κ2) is 7.72. The van der Waals surface area contributed by atoms with Gasteiger partial charge in [0.25, 0.3) is 0 Å². The van der Waals surface area contributed by atoms with Gasteiger partial charge in [0.15, 0.2) is 0 Å². The second-order valence-electron chi connectivity index (χ2n) is 6.50. The maximum absolute atomic E-state index is 13.5. The Morgan fingerprint density at radius 2 is 1.52 bits per heavy atom. The van der Waals surface area contributed by atoms with Gasteiger partial charge in [-0.3, -0.25) is 0 Å². The predicted molar refractivity (Wildman–Crippen MR) is 107 cm³/mol. The van der Waals surface area contributed by atoms with Crippen molar-refractivity contribution < 1.29 is 26.3 Å². The summed E-state index contributed by atoms with van der Waals surface area (Å²) in [6.45, 7) is 0. The smallest absolute Gasteiger partial charge is 0.231 e. The summed E-state index contributed by atoms with van der Waals surface area (Å²) in [6, 6.07) is 13.3. The average Bonchev–Trinajstić information content (AvgIpc) is 3.36. The molecular weight excluding hydrogens is 462 g/mol. The number of hydrogen-bond acceptors (Lipinski definition) is 2. The van der Waals surface area contributed by atoms with Gasteiger partial charge in [0, 0.05) is 10.4 Å². The molecule has 0 fully saturated rings. The molecule has 0 amide bonds. The monoisotopic (exact) mass is 472 g/mol. The van der Waals surface area contributed by atoms with Crippen LogP contribution >= 0.6 is 22.9 Å². The van der Waals surface area contributed by atoms with Crippen LogP contribution < -0.4 is 0 Å². The molecule has 0 bridgehead atoms. The Morgan fingerprint density at radius 3 is 2.19 bits per heavy atom. The van der Waals surface area contributed by atoms with E-state index in [0.717, 1.165) is 17.4 Å². The van der Waals surface area contributed by atoms with E-state index in [1.807, 2.05) is 0 Å². The van der Waals surface area contributed by atoms with E-state index in [4.69, 9.17) is 11.6 Å². The molecule has 0 aliphatic rings. The molecule has 31 heavy (non-hydrogen) atoms. The van der Waals surface area contributed by atoms with E-state index in [2.05, 4.69) is 5.10 Å². The van der Waals surface area contributed by atoms with Crippen molar-refractivity contribution in [2.24, 2.45) is 0 Å². The first kappa shape index (κ1) is 21.5. The van der Waals surface area contributed by atoms with Gasteiger partial charge in [-0.2, -0.15) is 31.4 Å². The number of rotatable bonds is 3. The molecule has 2 aromatic carbocycles. The lowest BCUT2D eigenvalue weighted by Gasteiger charge is -2.15. The van der Waals surface area contributed by atoms with Crippen molar-refractivity contribution in [1.29, 1.82) is 0 Å². The average molecular weight is 473 g/mol. The van der Waals surface area contributed by atoms with E-state index in [1.165, 1.54) is 12.3 Å². The molecule has 2 heterocycles. The predicted octanol–water partition coefficient (Wildman–Crippen LogP) is 7.96. The number of nitrogens with zero attached hydrogens (tertiary/aromatic N) is 2. The van der Waals surface area contributed by atoms with E-state index in [-0.39, 0.29) is 16.5 Å². The minimum Gasteiger partial charge on any atom is -0.231 e. The summed E-state index contributed by atoms with van der Waals surface area (Å²) in [4.78, 5) is 0.767. The van der Waals surface area contributed by atoms with Gasteiger partial charge in [0.2, 0.25) is 0 Å². The van der Waals surface area contributed by atoms with Crippen LogP contribution in [0, 0.1) is 0 Å². The maximum Gasteiger partial charge on any atom is 0.417 e. The number of hydrogen-bond donors (Lipinski definition) is 0.